The number of methoxy groups -OCH3 is 5. The van der Waals surface area contributed by atoms with Crippen LogP contribution in [-0.2, 0) is 0 Å². The van der Waals surface area contributed by atoms with Crippen LogP contribution in [0, 0.1) is 0 Å². The van der Waals surface area contributed by atoms with Crippen LogP contribution in [0.25, 0.3) is 0 Å². The number of ether oxygens (including phenoxy) is 5. The molecule has 0 saturated heterocycles. The molecule has 0 saturated carbocycles. The first-order chi connectivity index (χ1) is 8.15. The molecule has 0 heterocycles. The topological polar surface area (TPSA) is 46.2 Å². The Labute approximate surface area is 134 Å². The van der Waals surface area contributed by atoms with Crippen LogP contribution in [0.2, 0.25) is 0 Å². The van der Waals surface area contributed by atoms with E-state index in [2.05, 4.69) is 12.6 Å². The van der Waals surface area contributed by atoms with Gasteiger partial charge in [0, 0.05) is 0 Å². The van der Waals surface area contributed by atoms with Crippen LogP contribution in [0.15, 0.2) is 4.90 Å². The third kappa shape index (κ3) is 2.93. The quantitative estimate of drug-likeness (QED) is 0.556. The van der Waals surface area contributed by atoms with Crippen molar-refractivity contribution in [1.82, 2.24) is 0 Å². The molecule has 0 bridgehead atoms. The van der Waals surface area contributed by atoms with E-state index < -0.39 is 0 Å². The van der Waals surface area contributed by atoms with Gasteiger partial charge < -0.3 is 23.7 Å². The van der Waals surface area contributed by atoms with Crippen LogP contribution < -0.4 is 53.2 Å². The summed E-state index contributed by atoms with van der Waals surface area (Å²) in [5.41, 5.74) is 0. The Balaban J connectivity index is 0.00000289. The maximum atomic E-state index is 5.25. The second-order valence-electron chi connectivity index (χ2n) is 3.01. The Morgan fingerprint density at radius 3 is 1.00 bits per heavy atom. The molecule has 0 N–H and O–H groups in total. The molecule has 1 aromatic rings. The van der Waals surface area contributed by atoms with E-state index in [1.807, 2.05) is 0 Å². The van der Waals surface area contributed by atoms with Gasteiger partial charge in [-0.25, -0.2) is 0 Å². The molecule has 7 heteroatoms. The van der Waals surface area contributed by atoms with E-state index in [9.17, 15) is 0 Å². The van der Waals surface area contributed by atoms with Crippen molar-refractivity contribution >= 4 is 12.6 Å². The molecule has 0 amide bonds. The minimum atomic E-state index is 0. The molecule has 0 atom stereocenters. The van der Waals surface area contributed by atoms with Crippen LogP contribution in [0.3, 0.4) is 0 Å². The zero-order chi connectivity index (χ0) is 13.0. The molecule has 0 unspecified atom stereocenters. The maximum Gasteiger partial charge on any atom is 1.00 e. The molecule has 0 aliphatic heterocycles. The average molecular weight is 283 g/mol. The first kappa shape index (κ1) is 17.6. The predicted octanol–water partition coefficient (Wildman–Crippen LogP) is -0.978. The molecular formula is C11H16NaO5S+. The van der Waals surface area contributed by atoms with Crippen molar-refractivity contribution in [3.05, 3.63) is 0 Å². The van der Waals surface area contributed by atoms with Crippen molar-refractivity contribution in [3.8, 4) is 28.7 Å². The second kappa shape index (κ2) is 7.89. The van der Waals surface area contributed by atoms with E-state index in [1.165, 1.54) is 35.5 Å². The molecular weight excluding hydrogens is 267 g/mol. The summed E-state index contributed by atoms with van der Waals surface area (Å²) in [5.74, 6) is 2.10. The normalized spacial score (nSPS) is 9.22. The second-order valence-corrected chi connectivity index (χ2v) is 3.46. The van der Waals surface area contributed by atoms with Crippen molar-refractivity contribution in [3.63, 3.8) is 0 Å². The van der Waals surface area contributed by atoms with E-state index >= 15 is 0 Å². The van der Waals surface area contributed by atoms with Crippen LogP contribution in [0.5, 0.6) is 28.7 Å². The molecule has 1 rings (SSSR count). The smallest absolute Gasteiger partial charge is 0.492 e. The summed E-state index contributed by atoms with van der Waals surface area (Å²) < 4.78 is 26.2. The van der Waals surface area contributed by atoms with Crippen LogP contribution in [0.1, 0.15) is 0 Å². The molecule has 0 fully saturated rings. The van der Waals surface area contributed by atoms with Gasteiger partial charge in [-0.15, -0.1) is 12.6 Å². The number of benzene rings is 1. The van der Waals surface area contributed by atoms with Crippen molar-refractivity contribution in [1.29, 1.82) is 0 Å². The summed E-state index contributed by atoms with van der Waals surface area (Å²) in [6, 6.07) is 0. The van der Waals surface area contributed by atoms with Gasteiger partial charge in [0.2, 0.25) is 17.2 Å². The zero-order valence-corrected chi connectivity index (χ0v) is 14.4. The van der Waals surface area contributed by atoms with Gasteiger partial charge in [0.25, 0.3) is 0 Å². The van der Waals surface area contributed by atoms with Gasteiger partial charge in [0.1, 0.15) is 0 Å². The van der Waals surface area contributed by atoms with E-state index in [4.69, 9.17) is 23.7 Å². The van der Waals surface area contributed by atoms with Gasteiger partial charge in [-0.3, -0.25) is 0 Å². The summed E-state index contributed by atoms with van der Waals surface area (Å²) in [6.45, 7) is 0. The van der Waals surface area contributed by atoms with Crippen LogP contribution in [-0.4, -0.2) is 35.5 Å². The summed E-state index contributed by atoms with van der Waals surface area (Å²) in [4.78, 5) is 0.490. The molecule has 0 radical (unpaired) electrons. The summed E-state index contributed by atoms with van der Waals surface area (Å²) in [7, 11) is 7.57. The average Bonchev–Trinajstić information content (AvgIpc) is 2.36. The van der Waals surface area contributed by atoms with Crippen molar-refractivity contribution in [2.45, 2.75) is 4.90 Å². The summed E-state index contributed by atoms with van der Waals surface area (Å²) >= 11 is 4.34. The van der Waals surface area contributed by atoms with Crippen molar-refractivity contribution in [2.75, 3.05) is 35.5 Å². The van der Waals surface area contributed by atoms with Gasteiger partial charge in [0.05, 0.1) is 40.4 Å². The van der Waals surface area contributed by atoms with E-state index in [0.29, 0.717) is 33.6 Å². The molecule has 18 heavy (non-hydrogen) atoms. The largest absolute Gasteiger partial charge is 1.00 e. The SMILES string of the molecule is COc1c(S)c(OC)c(OC)c(OC)c1OC.[Na+]. The predicted molar refractivity (Wildman–Crippen MR) is 66.5 cm³/mol. The third-order valence-corrected chi connectivity index (χ3v) is 2.68. The van der Waals surface area contributed by atoms with E-state index in [0.717, 1.165) is 0 Å². The minimum absolute atomic E-state index is 0. The molecule has 0 spiro atoms. The third-order valence-electron chi connectivity index (χ3n) is 2.28. The Bertz CT molecular complexity index is 378. The first-order valence-electron chi connectivity index (χ1n) is 4.79. The van der Waals surface area contributed by atoms with Crippen molar-refractivity contribution in [2.24, 2.45) is 0 Å². The fourth-order valence-electron chi connectivity index (χ4n) is 1.56. The summed E-state index contributed by atoms with van der Waals surface area (Å²) in [5, 5.41) is 0. The molecule has 0 aliphatic carbocycles. The number of thiol groups is 1. The van der Waals surface area contributed by atoms with Crippen molar-refractivity contribution < 1.29 is 53.2 Å². The fourth-order valence-corrected chi connectivity index (χ4v) is 1.95. The fraction of sp³-hybridized carbons (Fsp3) is 0.455. The van der Waals surface area contributed by atoms with Gasteiger partial charge in [0.15, 0.2) is 11.5 Å². The Hall–Kier alpha value is -0.430. The number of rotatable bonds is 5. The standard InChI is InChI=1S/C11H16O5S.Na/c1-12-6-7(13-2)9(15-4)11(17)10(16-5)8(6)14-3;/h17H,1-5H3;/q;+1. The number of hydrogen-bond acceptors (Lipinski definition) is 6. The molecule has 5 nitrogen and oxygen atoms in total. The van der Waals surface area contributed by atoms with E-state index in [1.54, 1.807) is 0 Å². The Kier molecular flexibility index (Phi) is 7.70. The molecule has 0 aliphatic rings. The minimum Gasteiger partial charge on any atom is -0.492 e. The molecule has 0 aromatic heterocycles. The molecule has 96 valence electrons. The van der Waals surface area contributed by atoms with Crippen LogP contribution in [0.4, 0.5) is 0 Å². The summed E-state index contributed by atoms with van der Waals surface area (Å²) in [6.07, 6.45) is 0. The van der Waals surface area contributed by atoms with Gasteiger partial charge in [-0.1, -0.05) is 0 Å². The van der Waals surface area contributed by atoms with Gasteiger partial charge >= 0.3 is 29.6 Å². The first-order valence-corrected chi connectivity index (χ1v) is 5.23. The van der Waals surface area contributed by atoms with Crippen LogP contribution >= 0.6 is 12.6 Å². The number of hydrogen-bond donors (Lipinski definition) is 1. The maximum absolute atomic E-state index is 5.25. The monoisotopic (exact) mass is 283 g/mol. The molecule has 1 aromatic carbocycles. The Morgan fingerprint density at radius 2 is 0.778 bits per heavy atom. The Morgan fingerprint density at radius 1 is 0.556 bits per heavy atom. The van der Waals surface area contributed by atoms with Gasteiger partial charge in [-0.2, -0.15) is 0 Å². The van der Waals surface area contributed by atoms with E-state index in [-0.39, 0.29) is 29.6 Å². The zero-order valence-electron chi connectivity index (χ0n) is 11.5. The van der Waals surface area contributed by atoms with Gasteiger partial charge in [-0.05, 0) is 0 Å².